The van der Waals surface area contributed by atoms with E-state index in [0.29, 0.717) is 48.0 Å². The van der Waals surface area contributed by atoms with Gasteiger partial charge in [-0.05, 0) is 35.0 Å². The Morgan fingerprint density at radius 3 is 2.50 bits per heavy atom. The molecule has 1 N–H and O–H groups in total. The average Bonchev–Trinajstić information content (AvgIpc) is 3.30. The molecule has 0 aliphatic heterocycles. The van der Waals surface area contributed by atoms with Crippen molar-refractivity contribution in [3.8, 4) is 11.5 Å². The van der Waals surface area contributed by atoms with Crippen LogP contribution in [0.1, 0.15) is 23.9 Å². The molecule has 0 aliphatic rings. The molecule has 4 aromatic rings. The van der Waals surface area contributed by atoms with Crippen molar-refractivity contribution in [1.82, 2.24) is 30.1 Å². The van der Waals surface area contributed by atoms with Gasteiger partial charge in [0.25, 0.3) is 5.56 Å². The summed E-state index contributed by atoms with van der Waals surface area (Å²) in [4.78, 5) is 30.0. The van der Waals surface area contributed by atoms with E-state index < -0.39 is 5.97 Å². The van der Waals surface area contributed by atoms with Crippen LogP contribution in [0, 0.1) is 0 Å². The monoisotopic (exact) mass is 492 g/mol. The Balaban J connectivity index is 1.65. The van der Waals surface area contributed by atoms with E-state index in [9.17, 15) is 9.59 Å². The van der Waals surface area contributed by atoms with Crippen LogP contribution in [0.25, 0.3) is 10.9 Å². The van der Waals surface area contributed by atoms with Gasteiger partial charge < -0.3 is 19.2 Å². The largest absolute Gasteiger partial charge is 0.493 e. The molecule has 188 valence electrons. The number of hydrogen-bond donors (Lipinski definition) is 1. The number of methoxy groups -OCH3 is 2. The van der Waals surface area contributed by atoms with Crippen molar-refractivity contribution in [2.24, 2.45) is 0 Å². The van der Waals surface area contributed by atoms with E-state index in [1.165, 1.54) is 4.68 Å². The molecule has 0 saturated carbocycles. The van der Waals surface area contributed by atoms with E-state index in [0.717, 1.165) is 10.9 Å². The molecule has 0 amide bonds. The minimum absolute atomic E-state index is 0.0897. The second-order valence-corrected chi connectivity index (χ2v) is 8.11. The lowest BCUT2D eigenvalue weighted by atomic mass is 10.1. The Kier molecular flexibility index (Phi) is 7.91. The summed E-state index contributed by atoms with van der Waals surface area (Å²) in [6, 6.07) is 15.3. The molecule has 0 spiro atoms. The van der Waals surface area contributed by atoms with Gasteiger partial charge in [-0.1, -0.05) is 30.3 Å². The SMILES string of the molecule is CCOC(=O)Cn1nnnc1CN(Cc1ccccc1)Cc1cc2cc(OC)c(OC)cc2[nH]c1=O. The number of hydrogen-bond acceptors (Lipinski definition) is 9. The second-order valence-electron chi connectivity index (χ2n) is 8.11. The summed E-state index contributed by atoms with van der Waals surface area (Å²) in [7, 11) is 3.12. The van der Waals surface area contributed by atoms with Crippen LogP contribution in [-0.4, -0.2) is 56.9 Å². The predicted molar refractivity (Wildman–Crippen MR) is 132 cm³/mol. The maximum Gasteiger partial charge on any atom is 0.327 e. The van der Waals surface area contributed by atoms with Crippen molar-refractivity contribution in [3.05, 3.63) is 75.8 Å². The van der Waals surface area contributed by atoms with Crippen LogP contribution in [0.4, 0.5) is 0 Å². The number of tetrazole rings is 1. The van der Waals surface area contributed by atoms with Gasteiger partial charge in [0.05, 0.1) is 32.9 Å². The molecule has 0 radical (unpaired) electrons. The number of pyridine rings is 1. The highest BCUT2D eigenvalue weighted by Gasteiger charge is 2.18. The fraction of sp³-hybridized carbons (Fsp3) is 0.320. The third-order valence-corrected chi connectivity index (χ3v) is 5.62. The highest BCUT2D eigenvalue weighted by molar-refractivity contribution is 5.83. The lowest BCUT2D eigenvalue weighted by Gasteiger charge is -2.22. The number of nitrogens with one attached hydrogen (secondary N) is 1. The van der Waals surface area contributed by atoms with Crippen LogP contribution in [0.3, 0.4) is 0 Å². The number of rotatable bonds is 11. The van der Waals surface area contributed by atoms with Gasteiger partial charge >= 0.3 is 5.97 Å². The molecular weight excluding hydrogens is 464 g/mol. The molecule has 0 aliphatic carbocycles. The minimum Gasteiger partial charge on any atom is -0.493 e. The summed E-state index contributed by atoms with van der Waals surface area (Å²) in [5, 5.41) is 12.6. The smallest absolute Gasteiger partial charge is 0.327 e. The third kappa shape index (κ3) is 5.87. The fourth-order valence-corrected chi connectivity index (χ4v) is 3.93. The van der Waals surface area contributed by atoms with Crippen LogP contribution in [0.15, 0.2) is 53.3 Å². The van der Waals surface area contributed by atoms with E-state index >= 15 is 0 Å². The zero-order valence-electron chi connectivity index (χ0n) is 20.4. The van der Waals surface area contributed by atoms with Crippen LogP contribution in [0.5, 0.6) is 11.5 Å². The first-order valence-electron chi connectivity index (χ1n) is 11.5. The number of aromatic nitrogens is 5. The van der Waals surface area contributed by atoms with E-state index in [-0.39, 0.29) is 18.7 Å². The third-order valence-electron chi connectivity index (χ3n) is 5.62. The number of H-pyrrole nitrogens is 1. The predicted octanol–water partition coefficient (Wildman–Crippen LogP) is 2.30. The van der Waals surface area contributed by atoms with Gasteiger partial charge in [0.1, 0.15) is 6.54 Å². The van der Waals surface area contributed by atoms with Gasteiger partial charge in [0.2, 0.25) is 0 Å². The molecule has 0 unspecified atom stereocenters. The molecule has 4 rings (SSSR count). The number of ether oxygens (including phenoxy) is 3. The van der Waals surface area contributed by atoms with Crippen molar-refractivity contribution in [2.45, 2.75) is 33.1 Å². The number of benzene rings is 2. The summed E-state index contributed by atoms with van der Waals surface area (Å²) < 4.78 is 17.2. The fourth-order valence-electron chi connectivity index (χ4n) is 3.93. The summed E-state index contributed by atoms with van der Waals surface area (Å²) in [6.07, 6.45) is 0. The first-order valence-corrected chi connectivity index (χ1v) is 11.5. The maximum atomic E-state index is 13.0. The highest BCUT2D eigenvalue weighted by Crippen LogP contribution is 2.31. The van der Waals surface area contributed by atoms with Crippen LogP contribution in [0.2, 0.25) is 0 Å². The molecule has 2 aromatic carbocycles. The molecule has 11 nitrogen and oxygen atoms in total. The van der Waals surface area contributed by atoms with Gasteiger partial charge in [-0.25, -0.2) is 4.68 Å². The lowest BCUT2D eigenvalue weighted by Crippen LogP contribution is -2.28. The summed E-state index contributed by atoms with van der Waals surface area (Å²) in [6.45, 7) is 3.10. The Morgan fingerprint density at radius 2 is 1.78 bits per heavy atom. The number of carbonyl (C=O) groups is 1. The summed E-state index contributed by atoms with van der Waals surface area (Å²) >= 11 is 0. The van der Waals surface area contributed by atoms with Crippen molar-refractivity contribution < 1.29 is 19.0 Å². The zero-order valence-corrected chi connectivity index (χ0v) is 20.4. The molecular formula is C25H28N6O5. The standard InChI is InChI=1S/C25H28N6O5/c1-4-36-24(32)16-31-23(27-28-29-31)15-30(13-17-8-6-5-7-9-17)14-19-10-18-11-21(34-2)22(35-3)12-20(18)26-25(19)33/h5-12H,4,13-16H2,1-3H3,(H,26,33). The molecule has 11 heteroatoms. The minimum atomic E-state index is -0.420. The van der Waals surface area contributed by atoms with E-state index in [1.54, 1.807) is 27.2 Å². The number of fused-ring (bicyclic) bond motifs is 1. The topological polar surface area (TPSA) is 124 Å². The van der Waals surface area contributed by atoms with Crippen molar-refractivity contribution in [3.63, 3.8) is 0 Å². The van der Waals surface area contributed by atoms with Gasteiger partial charge in [-0.3, -0.25) is 14.5 Å². The Hall–Kier alpha value is -4.25. The molecule has 2 heterocycles. The summed E-state index contributed by atoms with van der Waals surface area (Å²) in [5.74, 6) is 1.17. The van der Waals surface area contributed by atoms with Gasteiger partial charge in [0.15, 0.2) is 17.3 Å². The Bertz CT molecular complexity index is 1380. The molecule has 0 saturated heterocycles. The number of aromatic amines is 1. The quantitative estimate of drug-likeness (QED) is 0.314. The van der Waals surface area contributed by atoms with Gasteiger partial charge in [-0.15, -0.1) is 5.10 Å². The molecule has 2 aromatic heterocycles. The summed E-state index contributed by atoms with van der Waals surface area (Å²) in [5.41, 5.74) is 2.06. The van der Waals surface area contributed by atoms with Crippen LogP contribution < -0.4 is 15.0 Å². The van der Waals surface area contributed by atoms with E-state index in [1.807, 2.05) is 47.4 Å². The van der Waals surface area contributed by atoms with Crippen molar-refractivity contribution in [1.29, 1.82) is 0 Å². The van der Waals surface area contributed by atoms with Gasteiger partial charge in [0, 0.05) is 30.1 Å². The Labute approximate surface area is 207 Å². The first-order chi connectivity index (χ1) is 17.5. The van der Waals surface area contributed by atoms with Crippen molar-refractivity contribution >= 4 is 16.9 Å². The van der Waals surface area contributed by atoms with Gasteiger partial charge in [-0.2, -0.15) is 0 Å². The zero-order chi connectivity index (χ0) is 25.5. The normalized spacial score (nSPS) is 11.1. The highest BCUT2D eigenvalue weighted by atomic mass is 16.5. The number of esters is 1. The Morgan fingerprint density at radius 1 is 1.03 bits per heavy atom. The van der Waals surface area contributed by atoms with Crippen LogP contribution >= 0.6 is 0 Å². The molecule has 0 fully saturated rings. The van der Waals surface area contributed by atoms with E-state index in [4.69, 9.17) is 14.2 Å². The lowest BCUT2D eigenvalue weighted by molar-refractivity contribution is -0.144. The molecule has 0 atom stereocenters. The number of nitrogens with zero attached hydrogens (tertiary/aromatic N) is 5. The van der Waals surface area contributed by atoms with E-state index in [2.05, 4.69) is 20.5 Å². The number of carbonyl (C=O) groups excluding carboxylic acids is 1. The second kappa shape index (κ2) is 11.5. The van der Waals surface area contributed by atoms with Crippen LogP contribution in [-0.2, 0) is 35.7 Å². The molecule has 0 bridgehead atoms. The average molecular weight is 493 g/mol. The van der Waals surface area contributed by atoms with Crippen molar-refractivity contribution in [2.75, 3.05) is 20.8 Å². The maximum absolute atomic E-state index is 13.0. The molecule has 36 heavy (non-hydrogen) atoms. The first kappa shape index (κ1) is 24.9.